The van der Waals surface area contributed by atoms with Crippen molar-refractivity contribution in [3.8, 4) is 0 Å². The summed E-state index contributed by atoms with van der Waals surface area (Å²) in [5.74, 6) is -0.0235. The molecule has 5 heteroatoms. The van der Waals surface area contributed by atoms with Gasteiger partial charge in [0.1, 0.15) is 0 Å². The molecule has 0 spiro atoms. The van der Waals surface area contributed by atoms with Crippen molar-refractivity contribution in [3.05, 3.63) is 71.8 Å². The summed E-state index contributed by atoms with van der Waals surface area (Å²) in [6.07, 6.45) is 0.499. The van der Waals surface area contributed by atoms with Gasteiger partial charge in [0.2, 0.25) is 5.91 Å². The third-order valence-electron chi connectivity index (χ3n) is 4.19. The first kappa shape index (κ1) is 20.1. The Kier molecular flexibility index (Phi) is 8.83. The van der Waals surface area contributed by atoms with Crippen LogP contribution in [0.3, 0.4) is 0 Å². The Morgan fingerprint density at radius 1 is 1.08 bits per heavy atom. The lowest BCUT2D eigenvalue weighted by molar-refractivity contribution is -0.122. The van der Waals surface area contributed by atoms with Crippen LogP contribution in [-0.4, -0.2) is 55.4 Å². The number of nitrogens with one attached hydrogen (secondary N) is 1. The SMILES string of the molecule is COC(CO)CN(CC(=O)NCCc1ccccc1)Cc1ccccc1. The second-order valence-corrected chi connectivity index (χ2v) is 6.28. The molecule has 0 fully saturated rings. The molecular weight excluding hydrogens is 328 g/mol. The Labute approximate surface area is 155 Å². The summed E-state index contributed by atoms with van der Waals surface area (Å²) < 4.78 is 5.26. The van der Waals surface area contributed by atoms with E-state index in [1.807, 2.05) is 53.4 Å². The van der Waals surface area contributed by atoms with Crippen molar-refractivity contribution in [3.63, 3.8) is 0 Å². The van der Waals surface area contributed by atoms with Crippen molar-refractivity contribution in [2.75, 3.05) is 33.4 Å². The van der Waals surface area contributed by atoms with E-state index in [9.17, 15) is 9.90 Å². The van der Waals surface area contributed by atoms with Crippen molar-refractivity contribution >= 4 is 5.91 Å². The van der Waals surface area contributed by atoms with Gasteiger partial charge in [-0.1, -0.05) is 60.7 Å². The average molecular weight is 356 g/mol. The average Bonchev–Trinajstić information content (AvgIpc) is 2.67. The minimum atomic E-state index is -0.309. The molecule has 2 aromatic rings. The van der Waals surface area contributed by atoms with Crippen LogP contribution in [0.2, 0.25) is 0 Å². The van der Waals surface area contributed by atoms with Gasteiger partial charge in [-0.15, -0.1) is 0 Å². The lowest BCUT2D eigenvalue weighted by Gasteiger charge is -2.25. The van der Waals surface area contributed by atoms with E-state index in [1.165, 1.54) is 5.56 Å². The van der Waals surface area contributed by atoms with Gasteiger partial charge in [0.05, 0.1) is 19.3 Å². The van der Waals surface area contributed by atoms with Gasteiger partial charge in [-0.2, -0.15) is 0 Å². The maximum absolute atomic E-state index is 12.3. The Balaban J connectivity index is 1.86. The van der Waals surface area contributed by atoms with Crippen LogP contribution in [0.5, 0.6) is 0 Å². The van der Waals surface area contributed by atoms with E-state index < -0.39 is 0 Å². The number of rotatable bonds is 11. The third-order valence-corrected chi connectivity index (χ3v) is 4.19. The van der Waals surface area contributed by atoms with Crippen molar-refractivity contribution in [2.24, 2.45) is 0 Å². The van der Waals surface area contributed by atoms with E-state index in [2.05, 4.69) is 17.4 Å². The fourth-order valence-electron chi connectivity index (χ4n) is 2.77. The number of hydrogen-bond acceptors (Lipinski definition) is 4. The highest BCUT2D eigenvalue weighted by molar-refractivity contribution is 5.78. The molecule has 2 rings (SSSR count). The van der Waals surface area contributed by atoms with Crippen molar-refractivity contribution < 1.29 is 14.6 Å². The van der Waals surface area contributed by atoms with E-state index in [4.69, 9.17) is 4.74 Å². The van der Waals surface area contributed by atoms with Gasteiger partial charge >= 0.3 is 0 Å². The molecule has 0 aliphatic carbocycles. The number of hydrogen-bond donors (Lipinski definition) is 2. The molecule has 0 aliphatic rings. The van der Waals surface area contributed by atoms with Gasteiger partial charge in [0, 0.05) is 26.7 Å². The molecule has 0 saturated heterocycles. The van der Waals surface area contributed by atoms with Crippen LogP contribution in [0.25, 0.3) is 0 Å². The summed E-state index contributed by atoms with van der Waals surface area (Å²) >= 11 is 0. The summed E-state index contributed by atoms with van der Waals surface area (Å²) in [5, 5.41) is 12.4. The van der Waals surface area contributed by atoms with Gasteiger partial charge in [0.25, 0.3) is 0 Å². The zero-order valence-electron chi connectivity index (χ0n) is 15.3. The van der Waals surface area contributed by atoms with Crippen LogP contribution < -0.4 is 5.32 Å². The Morgan fingerprint density at radius 2 is 1.69 bits per heavy atom. The predicted octanol–water partition coefficient (Wildman–Crippen LogP) is 1.85. The summed E-state index contributed by atoms with van der Waals surface area (Å²) in [6, 6.07) is 20.1. The first-order valence-corrected chi connectivity index (χ1v) is 8.92. The molecule has 5 nitrogen and oxygen atoms in total. The van der Waals surface area contributed by atoms with E-state index >= 15 is 0 Å². The molecular formula is C21H28N2O3. The lowest BCUT2D eigenvalue weighted by atomic mass is 10.1. The molecule has 1 amide bonds. The van der Waals surface area contributed by atoms with Gasteiger partial charge < -0.3 is 15.2 Å². The number of amides is 1. The lowest BCUT2D eigenvalue weighted by Crippen LogP contribution is -2.42. The molecule has 0 aromatic heterocycles. The molecule has 140 valence electrons. The highest BCUT2D eigenvalue weighted by Crippen LogP contribution is 2.06. The monoisotopic (exact) mass is 356 g/mol. The van der Waals surface area contributed by atoms with Crippen LogP contribution in [0, 0.1) is 0 Å². The highest BCUT2D eigenvalue weighted by atomic mass is 16.5. The summed E-state index contributed by atoms with van der Waals surface area (Å²) in [7, 11) is 1.57. The smallest absolute Gasteiger partial charge is 0.234 e. The number of methoxy groups -OCH3 is 1. The van der Waals surface area contributed by atoms with Gasteiger partial charge in [-0.3, -0.25) is 9.69 Å². The van der Waals surface area contributed by atoms with Crippen LogP contribution in [0.4, 0.5) is 0 Å². The number of aliphatic hydroxyl groups is 1. The highest BCUT2D eigenvalue weighted by Gasteiger charge is 2.16. The molecule has 0 radical (unpaired) electrons. The molecule has 0 saturated carbocycles. The predicted molar refractivity (Wildman–Crippen MR) is 103 cm³/mol. The first-order chi connectivity index (χ1) is 12.7. The van der Waals surface area contributed by atoms with Crippen LogP contribution >= 0.6 is 0 Å². The number of nitrogens with zero attached hydrogens (tertiary/aromatic N) is 1. The zero-order chi connectivity index (χ0) is 18.6. The normalized spacial score (nSPS) is 12.1. The van der Waals surface area contributed by atoms with Crippen molar-refractivity contribution in [1.82, 2.24) is 10.2 Å². The molecule has 2 aromatic carbocycles. The Bertz CT molecular complexity index is 630. The molecule has 2 N–H and O–H groups in total. The molecule has 26 heavy (non-hydrogen) atoms. The van der Waals surface area contributed by atoms with Crippen molar-refractivity contribution in [2.45, 2.75) is 19.1 Å². The first-order valence-electron chi connectivity index (χ1n) is 8.92. The minimum absolute atomic E-state index is 0.0235. The molecule has 1 unspecified atom stereocenters. The molecule has 0 aliphatic heterocycles. The third kappa shape index (κ3) is 7.35. The maximum Gasteiger partial charge on any atom is 0.234 e. The minimum Gasteiger partial charge on any atom is -0.394 e. The Morgan fingerprint density at radius 3 is 2.27 bits per heavy atom. The molecule has 1 atom stereocenters. The standard InChI is InChI=1S/C21H28N2O3/c1-26-20(17-24)15-23(14-19-10-6-3-7-11-19)16-21(25)22-13-12-18-8-4-2-5-9-18/h2-11,20,24H,12-17H2,1H3,(H,22,25). The van der Waals surface area contributed by atoms with Gasteiger partial charge in [-0.25, -0.2) is 0 Å². The fourth-order valence-corrected chi connectivity index (χ4v) is 2.77. The number of ether oxygens (including phenoxy) is 1. The molecule has 0 heterocycles. The number of carbonyl (C=O) groups excluding carboxylic acids is 1. The van der Waals surface area contributed by atoms with Gasteiger partial charge in [-0.05, 0) is 17.5 Å². The Hall–Kier alpha value is -2.21. The zero-order valence-corrected chi connectivity index (χ0v) is 15.3. The number of aliphatic hydroxyl groups excluding tert-OH is 1. The number of benzene rings is 2. The molecule has 0 bridgehead atoms. The second kappa shape index (κ2) is 11.4. The van der Waals surface area contributed by atoms with E-state index in [0.29, 0.717) is 19.6 Å². The maximum atomic E-state index is 12.3. The second-order valence-electron chi connectivity index (χ2n) is 6.28. The quantitative estimate of drug-likeness (QED) is 0.645. The van der Waals surface area contributed by atoms with Gasteiger partial charge in [0.15, 0.2) is 0 Å². The van der Waals surface area contributed by atoms with E-state index in [-0.39, 0.29) is 25.2 Å². The van der Waals surface area contributed by atoms with E-state index in [0.717, 1.165) is 12.0 Å². The van der Waals surface area contributed by atoms with Crippen molar-refractivity contribution in [1.29, 1.82) is 0 Å². The van der Waals surface area contributed by atoms with Crippen LogP contribution in [-0.2, 0) is 22.5 Å². The number of carbonyl (C=O) groups is 1. The van der Waals surface area contributed by atoms with E-state index in [1.54, 1.807) is 7.11 Å². The van der Waals surface area contributed by atoms with Crippen LogP contribution in [0.15, 0.2) is 60.7 Å². The van der Waals surface area contributed by atoms with Crippen LogP contribution in [0.1, 0.15) is 11.1 Å². The topological polar surface area (TPSA) is 61.8 Å². The summed E-state index contributed by atoms with van der Waals surface area (Å²) in [6.45, 7) is 1.93. The fraction of sp³-hybridized carbons (Fsp3) is 0.381. The largest absolute Gasteiger partial charge is 0.394 e. The summed E-state index contributed by atoms with van der Waals surface area (Å²) in [4.78, 5) is 14.3. The summed E-state index contributed by atoms with van der Waals surface area (Å²) in [5.41, 5.74) is 2.33.